The van der Waals surface area contributed by atoms with Crippen LogP contribution >= 0.6 is 22.9 Å². The van der Waals surface area contributed by atoms with Gasteiger partial charge in [0.1, 0.15) is 0 Å². The number of carbonyl (C=O) groups excluding carboxylic acids is 3. The number of carbonyl (C=O) groups is 3. The van der Waals surface area contributed by atoms with Crippen molar-refractivity contribution >= 4 is 56.0 Å². The highest BCUT2D eigenvalue weighted by Crippen LogP contribution is 2.32. The summed E-state index contributed by atoms with van der Waals surface area (Å²) in [6.45, 7) is 7.89. The molecule has 7 nitrogen and oxygen atoms in total. The van der Waals surface area contributed by atoms with Gasteiger partial charge in [-0.2, -0.15) is 0 Å². The van der Waals surface area contributed by atoms with Crippen LogP contribution in [-0.4, -0.2) is 64.2 Å². The number of hydrogen-bond acceptors (Lipinski definition) is 6. The van der Waals surface area contributed by atoms with E-state index in [9.17, 15) is 14.4 Å². The van der Waals surface area contributed by atoms with Crippen LogP contribution in [0.5, 0.6) is 0 Å². The molecular weight excluding hydrogens is 460 g/mol. The number of hydrogen-bond donors (Lipinski definition) is 0. The molecule has 3 aromatic rings. The maximum absolute atomic E-state index is 13.2. The second-order valence-corrected chi connectivity index (χ2v) is 10.7. The number of piperazine rings is 1. The topological polar surface area (TPSA) is 73.8 Å². The fourth-order valence-corrected chi connectivity index (χ4v) is 5.58. The zero-order valence-corrected chi connectivity index (χ0v) is 20.2. The van der Waals surface area contributed by atoms with E-state index >= 15 is 0 Å². The van der Waals surface area contributed by atoms with E-state index in [1.165, 1.54) is 4.90 Å². The molecule has 1 aromatic heterocycles. The smallest absolute Gasteiger partial charge is 0.262 e. The normalized spacial score (nSPS) is 16.7. The lowest BCUT2D eigenvalue weighted by molar-refractivity contribution is 0.0507. The highest BCUT2D eigenvalue weighted by molar-refractivity contribution is 7.22. The van der Waals surface area contributed by atoms with E-state index in [0.717, 1.165) is 15.3 Å². The number of benzene rings is 2. The molecule has 2 aromatic carbocycles. The summed E-state index contributed by atoms with van der Waals surface area (Å²) in [7, 11) is 0. The predicted octanol–water partition coefficient (Wildman–Crippen LogP) is 4.31. The van der Waals surface area contributed by atoms with Crippen LogP contribution < -0.4 is 4.90 Å². The van der Waals surface area contributed by atoms with Gasteiger partial charge in [0.2, 0.25) is 0 Å². The molecule has 3 amide bonds. The van der Waals surface area contributed by atoms with E-state index in [2.05, 4.69) is 4.90 Å². The Morgan fingerprint density at radius 3 is 2.36 bits per heavy atom. The number of thiazole rings is 1. The molecule has 0 N–H and O–H groups in total. The summed E-state index contributed by atoms with van der Waals surface area (Å²) in [5, 5.41) is 1.61. The standard InChI is InChI=1S/C24H23ClN4O3S/c1-24(2,3)29-21(31)16-6-4-14(12-17(16)22(29)32)20(30)27-8-10-28(11-9-27)23-26-18-7-5-15(25)13-19(18)33-23/h4-7,12-13H,8-11H2,1-3H3. The van der Waals surface area contributed by atoms with E-state index in [4.69, 9.17) is 16.6 Å². The molecule has 1 fully saturated rings. The number of aromatic nitrogens is 1. The Bertz CT molecular complexity index is 1300. The molecule has 0 aliphatic carbocycles. The summed E-state index contributed by atoms with van der Waals surface area (Å²) in [6, 6.07) is 10.5. The van der Waals surface area contributed by atoms with E-state index < -0.39 is 5.54 Å². The summed E-state index contributed by atoms with van der Waals surface area (Å²) in [5.41, 5.74) is 1.37. The molecule has 2 aliphatic rings. The average molecular weight is 483 g/mol. The molecule has 0 saturated carbocycles. The first-order valence-corrected chi connectivity index (χ1v) is 12.0. The third-order valence-corrected chi connectivity index (χ3v) is 7.29. The first-order chi connectivity index (χ1) is 15.6. The van der Waals surface area contributed by atoms with Gasteiger partial charge in [0.25, 0.3) is 17.7 Å². The Balaban J connectivity index is 1.30. The third-order valence-electron chi connectivity index (χ3n) is 5.98. The maximum Gasteiger partial charge on any atom is 0.262 e. The van der Waals surface area contributed by atoms with Crippen molar-refractivity contribution in [3.8, 4) is 0 Å². The van der Waals surface area contributed by atoms with Crippen LogP contribution in [0.2, 0.25) is 5.02 Å². The Hall–Kier alpha value is -2.97. The predicted molar refractivity (Wildman–Crippen MR) is 129 cm³/mol. The number of nitrogens with zero attached hydrogens (tertiary/aromatic N) is 4. The van der Waals surface area contributed by atoms with Gasteiger partial charge in [-0.05, 0) is 57.2 Å². The van der Waals surface area contributed by atoms with Crippen LogP contribution in [0.15, 0.2) is 36.4 Å². The molecule has 0 radical (unpaired) electrons. The molecule has 0 spiro atoms. The molecule has 3 heterocycles. The number of halogens is 1. The van der Waals surface area contributed by atoms with Gasteiger partial charge in [0, 0.05) is 42.3 Å². The van der Waals surface area contributed by atoms with Crippen LogP contribution in [0.4, 0.5) is 5.13 Å². The quantitative estimate of drug-likeness (QED) is 0.509. The molecule has 0 atom stereocenters. The lowest BCUT2D eigenvalue weighted by Gasteiger charge is -2.34. The minimum absolute atomic E-state index is 0.136. The molecule has 170 valence electrons. The van der Waals surface area contributed by atoms with Crippen molar-refractivity contribution in [1.82, 2.24) is 14.8 Å². The minimum Gasteiger partial charge on any atom is -0.345 e. The van der Waals surface area contributed by atoms with Gasteiger partial charge in [-0.25, -0.2) is 4.98 Å². The van der Waals surface area contributed by atoms with E-state index in [-0.39, 0.29) is 17.7 Å². The Morgan fingerprint density at radius 2 is 1.67 bits per heavy atom. The fourth-order valence-electron chi connectivity index (χ4n) is 4.29. The minimum atomic E-state index is -0.625. The second-order valence-electron chi connectivity index (χ2n) is 9.26. The van der Waals surface area contributed by atoms with Crippen LogP contribution in [0.3, 0.4) is 0 Å². The molecule has 0 bridgehead atoms. The second kappa shape index (κ2) is 7.81. The Morgan fingerprint density at radius 1 is 0.970 bits per heavy atom. The molecule has 5 rings (SSSR count). The van der Waals surface area contributed by atoms with Crippen molar-refractivity contribution in [3.05, 3.63) is 58.1 Å². The van der Waals surface area contributed by atoms with Crippen molar-refractivity contribution in [3.63, 3.8) is 0 Å². The van der Waals surface area contributed by atoms with Gasteiger partial charge < -0.3 is 9.80 Å². The molecule has 33 heavy (non-hydrogen) atoms. The van der Waals surface area contributed by atoms with E-state index in [0.29, 0.717) is 47.9 Å². The number of imide groups is 1. The van der Waals surface area contributed by atoms with Gasteiger partial charge >= 0.3 is 0 Å². The van der Waals surface area contributed by atoms with Crippen molar-refractivity contribution in [2.75, 3.05) is 31.1 Å². The molecule has 2 aliphatic heterocycles. The highest BCUT2D eigenvalue weighted by atomic mass is 35.5. The summed E-state index contributed by atoms with van der Waals surface area (Å²) in [5.74, 6) is -0.798. The zero-order valence-electron chi connectivity index (χ0n) is 18.6. The van der Waals surface area contributed by atoms with Crippen molar-refractivity contribution < 1.29 is 14.4 Å². The lowest BCUT2D eigenvalue weighted by atomic mass is 10.0. The van der Waals surface area contributed by atoms with E-state index in [1.54, 1.807) is 34.4 Å². The molecule has 9 heteroatoms. The van der Waals surface area contributed by atoms with Crippen molar-refractivity contribution in [2.45, 2.75) is 26.3 Å². The van der Waals surface area contributed by atoms with Gasteiger partial charge in [0.15, 0.2) is 5.13 Å². The monoisotopic (exact) mass is 482 g/mol. The maximum atomic E-state index is 13.2. The number of fused-ring (bicyclic) bond motifs is 2. The Labute approximate surface area is 200 Å². The van der Waals surface area contributed by atoms with Crippen molar-refractivity contribution in [2.24, 2.45) is 0 Å². The van der Waals surface area contributed by atoms with Crippen LogP contribution in [0.1, 0.15) is 51.8 Å². The van der Waals surface area contributed by atoms with Gasteiger partial charge in [0.05, 0.1) is 21.3 Å². The lowest BCUT2D eigenvalue weighted by Crippen LogP contribution is -2.48. The number of amides is 3. The summed E-state index contributed by atoms with van der Waals surface area (Å²) < 4.78 is 1.04. The van der Waals surface area contributed by atoms with Gasteiger partial charge in [-0.3, -0.25) is 19.3 Å². The van der Waals surface area contributed by atoms with Crippen LogP contribution in [-0.2, 0) is 0 Å². The van der Waals surface area contributed by atoms with Crippen LogP contribution in [0, 0.1) is 0 Å². The first-order valence-electron chi connectivity index (χ1n) is 10.8. The highest BCUT2D eigenvalue weighted by Gasteiger charge is 2.42. The summed E-state index contributed by atoms with van der Waals surface area (Å²) >= 11 is 7.68. The van der Waals surface area contributed by atoms with Crippen molar-refractivity contribution in [1.29, 1.82) is 0 Å². The summed E-state index contributed by atoms with van der Waals surface area (Å²) in [4.78, 5) is 48.6. The average Bonchev–Trinajstić information content (AvgIpc) is 3.31. The molecule has 0 unspecified atom stereocenters. The van der Waals surface area contributed by atoms with Gasteiger partial charge in [-0.15, -0.1) is 0 Å². The van der Waals surface area contributed by atoms with Crippen LogP contribution in [0.25, 0.3) is 10.2 Å². The fraction of sp³-hybridized carbons (Fsp3) is 0.333. The largest absolute Gasteiger partial charge is 0.345 e. The van der Waals surface area contributed by atoms with Gasteiger partial charge in [-0.1, -0.05) is 22.9 Å². The third kappa shape index (κ3) is 3.77. The Kier molecular flexibility index (Phi) is 5.17. The SMILES string of the molecule is CC(C)(C)N1C(=O)c2ccc(C(=O)N3CCN(c4nc5ccc(Cl)cc5s4)CC3)cc2C1=O. The number of anilines is 1. The zero-order chi connectivity index (χ0) is 23.5. The molecular formula is C24H23ClN4O3S. The number of rotatable bonds is 2. The molecule has 1 saturated heterocycles. The summed E-state index contributed by atoms with van der Waals surface area (Å²) in [6.07, 6.45) is 0. The van der Waals surface area contributed by atoms with E-state index in [1.807, 2.05) is 39.0 Å². The first kappa shape index (κ1) is 21.9.